The van der Waals surface area contributed by atoms with Crippen LogP contribution in [-0.2, 0) is 22.4 Å². The van der Waals surface area contributed by atoms with Crippen LogP contribution in [0.5, 0.6) is 0 Å². The first-order chi connectivity index (χ1) is 13.1. The number of nitrogens with one attached hydrogen (secondary N) is 1. The van der Waals surface area contributed by atoms with Crippen LogP contribution in [0.3, 0.4) is 0 Å². The lowest BCUT2D eigenvalue weighted by molar-refractivity contribution is -0.120. The van der Waals surface area contributed by atoms with E-state index in [9.17, 15) is 9.18 Å². The molecule has 1 aliphatic heterocycles. The number of carbonyl (C=O) groups is 1. The molecular weight excluding hydrogens is 371 g/mol. The molecule has 0 saturated carbocycles. The van der Waals surface area contributed by atoms with Crippen LogP contribution in [-0.4, -0.2) is 42.2 Å². The third-order valence-corrected chi connectivity index (χ3v) is 5.30. The van der Waals surface area contributed by atoms with Gasteiger partial charge >= 0.3 is 0 Å². The molecule has 1 aromatic carbocycles. The molecule has 0 spiro atoms. The summed E-state index contributed by atoms with van der Waals surface area (Å²) in [5.74, 6) is -0.00118. The van der Waals surface area contributed by atoms with E-state index in [0.29, 0.717) is 31.7 Å². The quantitative estimate of drug-likeness (QED) is 0.872. The first-order valence-electron chi connectivity index (χ1n) is 9.03. The van der Waals surface area contributed by atoms with Crippen molar-refractivity contribution >= 4 is 29.1 Å². The number of amides is 1. The van der Waals surface area contributed by atoms with Crippen molar-refractivity contribution in [1.82, 2.24) is 9.97 Å². The molecule has 1 aliphatic carbocycles. The van der Waals surface area contributed by atoms with E-state index in [2.05, 4.69) is 15.2 Å². The first-order valence-corrected chi connectivity index (χ1v) is 9.41. The molecule has 6 nitrogen and oxygen atoms in total. The van der Waals surface area contributed by atoms with E-state index in [1.165, 1.54) is 18.2 Å². The van der Waals surface area contributed by atoms with Crippen LogP contribution >= 0.6 is 11.6 Å². The molecule has 1 saturated heterocycles. The summed E-state index contributed by atoms with van der Waals surface area (Å²) < 4.78 is 18.5. The van der Waals surface area contributed by atoms with Crippen LogP contribution in [0.2, 0.25) is 5.02 Å². The Hall–Kier alpha value is -2.25. The van der Waals surface area contributed by atoms with Crippen molar-refractivity contribution in [2.75, 3.05) is 36.5 Å². The number of ether oxygens (including phenoxy) is 1. The molecule has 27 heavy (non-hydrogen) atoms. The Balaban J connectivity index is 1.44. The minimum absolute atomic E-state index is 0.119. The third kappa shape index (κ3) is 4.04. The summed E-state index contributed by atoms with van der Waals surface area (Å²) in [6, 6.07) is 3.94. The van der Waals surface area contributed by atoms with Gasteiger partial charge in [-0.25, -0.2) is 14.4 Å². The van der Waals surface area contributed by atoms with Crippen molar-refractivity contribution in [3.05, 3.63) is 46.5 Å². The van der Waals surface area contributed by atoms with Crippen molar-refractivity contribution in [3.63, 3.8) is 0 Å². The number of aromatic nitrogens is 2. The maximum atomic E-state index is 13.2. The molecule has 142 valence electrons. The van der Waals surface area contributed by atoms with Gasteiger partial charge in [0.05, 0.1) is 23.9 Å². The molecular formula is C19H20ClFN4O2. The summed E-state index contributed by atoms with van der Waals surface area (Å²) in [7, 11) is 0. The Labute approximate surface area is 161 Å². The van der Waals surface area contributed by atoms with Crippen molar-refractivity contribution in [2.45, 2.75) is 19.3 Å². The van der Waals surface area contributed by atoms with Gasteiger partial charge in [-0.1, -0.05) is 11.6 Å². The smallest absolute Gasteiger partial charge is 0.227 e. The Morgan fingerprint density at radius 1 is 1.33 bits per heavy atom. The SMILES string of the molecule is O=C(Nc1ccc(F)cc1Cl)[C@H]1CCc2nc(N3CCOCC3)ncc2C1. The minimum atomic E-state index is -0.433. The number of hydrogen-bond donors (Lipinski definition) is 1. The highest BCUT2D eigenvalue weighted by atomic mass is 35.5. The molecule has 1 fully saturated rings. The lowest BCUT2D eigenvalue weighted by Gasteiger charge is -2.28. The van der Waals surface area contributed by atoms with E-state index < -0.39 is 5.82 Å². The number of halogens is 2. The molecule has 8 heteroatoms. The number of morpholine rings is 1. The van der Waals surface area contributed by atoms with E-state index in [4.69, 9.17) is 21.3 Å². The maximum absolute atomic E-state index is 13.2. The summed E-state index contributed by atoms with van der Waals surface area (Å²) >= 11 is 6.00. The van der Waals surface area contributed by atoms with Crippen LogP contribution in [0.4, 0.5) is 16.0 Å². The number of benzene rings is 1. The minimum Gasteiger partial charge on any atom is -0.378 e. The highest BCUT2D eigenvalue weighted by Gasteiger charge is 2.27. The van der Waals surface area contributed by atoms with Crippen molar-refractivity contribution < 1.29 is 13.9 Å². The highest BCUT2D eigenvalue weighted by molar-refractivity contribution is 6.33. The van der Waals surface area contributed by atoms with Gasteiger partial charge in [0.15, 0.2) is 0 Å². The lowest BCUT2D eigenvalue weighted by atomic mass is 9.86. The van der Waals surface area contributed by atoms with Gasteiger partial charge in [-0.15, -0.1) is 0 Å². The summed E-state index contributed by atoms with van der Waals surface area (Å²) in [6.07, 6.45) is 3.85. The van der Waals surface area contributed by atoms with E-state index in [-0.39, 0.29) is 16.8 Å². The fraction of sp³-hybridized carbons (Fsp3) is 0.421. The number of nitrogens with zero attached hydrogens (tertiary/aromatic N) is 3. The van der Waals surface area contributed by atoms with Gasteiger partial charge < -0.3 is 15.0 Å². The van der Waals surface area contributed by atoms with E-state index in [1.807, 2.05) is 6.20 Å². The number of carbonyl (C=O) groups excluding carboxylic acids is 1. The molecule has 4 rings (SSSR count). The monoisotopic (exact) mass is 390 g/mol. The molecule has 1 aromatic heterocycles. The second-order valence-corrected chi connectivity index (χ2v) is 7.20. The topological polar surface area (TPSA) is 67.4 Å². The summed E-state index contributed by atoms with van der Waals surface area (Å²) in [6.45, 7) is 2.97. The second-order valence-electron chi connectivity index (χ2n) is 6.79. The number of hydrogen-bond acceptors (Lipinski definition) is 5. The largest absolute Gasteiger partial charge is 0.378 e. The number of fused-ring (bicyclic) bond motifs is 1. The molecule has 1 atom stereocenters. The van der Waals surface area contributed by atoms with Gasteiger partial charge in [0.25, 0.3) is 0 Å². The van der Waals surface area contributed by atoms with Crippen molar-refractivity contribution in [3.8, 4) is 0 Å². The fourth-order valence-corrected chi connectivity index (χ4v) is 3.68. The molecule has 2 aromatic rings. The van der Waals surface area contributed by atoms with Gasteiger partial charge in [-0.3, -0.25) is 4.79 Å². The van der Waals surface area contributed by atoms with Gasteiger partial charge in [-0.2, -0.15) is 0 Å². The molecule has 1 amide bonds. The average Bonchev–Trinajstić information content (AvgIpc) is 2.70. The molecule has 2 heterocycles. The number of aryl methyl sites for hydroxylation is 1. The zero-order valence-electron chi connectivity index (χ0n) is 14.8. The van der Waals surface area contributed by atoms with E-state index in [1.54, 1.807) is 0 Å². The average molecular weight is 391 g/mol. The summed E-state index contributed by atoms with van der Waals surface area (Å²) in [5.41, 5.74) is 2.44. The summed E-state index contributed by atoms with van der Waals surface area (Å²) in [5, 5.41) is 2.99. The molecule has 0 bridgehead atoms. The van der Waals surface area contributed by atoms with Crippen molar-refractivity contribution in [1.29, 1.82) is 0 Å². The molecule has 1 N–H and O–H groups in total. The maximum Gasteiger partial charge on any atom is 0.227 e. The third-order valence-electron chi connectivity index (χ3n) is 4.99. The van der Waals surface area contributed by atoms with Gasteiger partial charge in [0, 0.05) is 30.9 Å². The second kappa shape index (κ2) is 7.78. The Morgan fingerprint density at radius 2 is 2.15 bits per heavy atom. The summed E-state index contributed by atoms with van der Waals surface area (Å²) in [4.78, 5) is 23.9. The molecule has 2 aliphatic rings. The van der Waals surface area contributed by atoms with Crippen LogP contribution in [0.15, 0.2) is 24.4 Å². The van der Waals surface area contributed by atoms with Crippen LogP contribution in [0.1, 0.15) is 17.7 Å². The lowest BCUT2D eigenvalue weighted by Crippen LogP contribution is -2.38. The fourth-order valence-electron chi connectivity index (χ4n) is 3.46. The Bertz CT molecular complexity index is 858. The number of rotatable bonds is 3. The molecule has 0 radical (unpaired) electrons. The predicted octanol–water partition coefficient (Wildman–Crippen LogP) is 2.85. The highest BCUT2D eigenvalue weighted by Crippen LogP contribution is 2.28. The van der Waals surface area contributed by atoms with Crippen molar-refractivity contribution in [2.24, 2.45) is 5.92 Å². The zero-order valence-corrected chi connectivity index (χ0v) is 15.5. The van der Waals surface area contributed by atoms with Crippen LogP contribution in [0, 0.1) is 11.7 Å². The van der Waals surface area contributed by atoms with Gasteiger partial charge in [0.1, 0.15) is 5.82 Å². The Kier molecular flexibility index (Phi) is 5.22. The first kappa shape index (κ1) is 18.1. The zero-order chi connectivity index (χ0) is 18.8. The van der Waals surface area contributed by atoms with E-state index >= 15 is 0 Å². The van der Waals surface area contributed by atoms with Crippen LogP contribution < -0.4 is 10.2 Å². The molecule has 0 unspecified atom stereocenters. The standard InChI is InChI=1S/C19H20ClFN4O2/c20-15-10-14(21)2-4-17(15)23-18(26)12-1-3-16-13(9-12)11-22-19(24-16)25-5-7-27-8-6-25/h2,4,10-12H,1,3,5-9H2,(H,23,26)/t12-/m0/s1. The number of anilines is 2. The Morgan fingerprint density at radius 3 is 2.93 bits per heavy atom. The van der Waals surface area contributed by atoms with Gasteiger partial charge in [-0.05, 0) is 43.0 Å². The normalized spacial score (nSPS) is 19.5. The predicted molar refractivity (Wildman–Crippen MR) is 101 cm³/mol. The van der Waals surface area contributed by atoms with E-state index in [0.717, 1.165) is 36.7 Å². The van der Waals surface area contributed by atoms with Gasteiger partial charge in [0.2, 0.25) is 11.9 Å². The van der Waals surface area contributed by atoms with Crippen LogP contribution in [0.25, 0.3) is 0 Å².